The van der Waals surface area contributed by atoms with E-state index in [1.54, 1.807) is 18.3 Å². The summed E-state index contributed by atoms with van der Waals surface area (Å²) in [5.74, 6) is 0.0580. The first kappa shape index (κ1) is 27.9. The third-order valence-corrected chi connectivity index (χ3v) is 9.03. The van der Waals surface area contributed by atoms with E-state index >= 15 is 0 Å². The summed E-state index contributed by atoms with van der Waals surface area (Å²) in [6.07, 6.45) is 5.67. The number of fused-ring (bicyclic) bond motifs is 2. The second-order valence-corrected chi connectivity index (χ2v) is 12.2. The number of carbonyl (C=O) groups is 1. The van der Waals surface area contributed by atoms with E-state index in [1.165, 1.54) is 0 Å². The Morgan fingerprint density at radius 3 is 2.64 bits per heavy atom. The van der Waals surface area contributed by atoms with Gasteiger partial charge in [-0.1, -0.05) is 65.7 Å². The lowest BCUT2D eigenvalue weighted by Crippen LogP contribution is -2.28. The molecule has 0 aliphatic carbocycles. The van der Waals surface area contributed by atoms with Crippen LogP contribution in [0.5, 0.6) is 5.88 Å². The van der Waals surface area contributed by atoms with Crippen LogP contribution in [0.4, 0.5) is 5.69 Å². The van der Waals surface area contributed by atoms with Crippen molar-refractivity contribution in [3.8, 4) is 28.4 Å². The molecule has 0 spiro atoms. The Morgan fingerprint density at radius 2 is 1.84 bits per heavy atom. The van der Waals surface area contributed by atoms with Crippen LogP contribution in [0.15, 0.2) is 91.4 Å². The number of benzene rings is 3. The molecule has 3 aromatic heterocycles. The Labute approximate surface area is 269 Å². The van der Waals surface area contributed by atoms with Gasteiger partial charge in [0, 0.05) is 44.3 Å². The van der Waals surface area contributed by atoms with Crippen molar-refractivity contribution in [2.24, 2.45) is 0 Å². The highest BCUT2D eigenvalue weighted by Gasteiger charge is 2.36. The number of aromatic nitrogens is 4. The molecule has 0 bridgehead atoms. The van der Waals surface area contributed by atoms with Gasteiger partial charge in [0.1, 0.15) is 18.0 Å². The van der Waals surface area contributed by atoms with Gasteiger partial charge in [-0.2, -0.15) is 0 Å². The summed E-state index contributed by atoms with van der Waals surface area (Å²) in [6.45, 7) is 1.46. The topological polar surface area (TPSA) is 96.9 Å². The van der Waals surface area contributed by atoms with Gasteiger partial charge in [0.2, 0.25) is 5.88 Å². The van der Waals surface area contributed by atoms with Crippen LogP contribution in [0.2, 0.25) is 10.0 Å². The molecule has 45 heavy (non-hydrogen) atoms. The Kier molecular flexibility index (Phi) is 7.05. The molecule has 2 aliphatic heterocycles. The van der Waals surface area contributed by atoms with Gasteiger partial charge in [0.05, 0.1) is 23.8 Å². The van der Waals surface area contributed by atoms with Gasteiger partial charge in [0.15, 0.2) is 0 Å². The average Bonchev–Trinajstić information content (AvgIpc) is 3.81. The Bertz CT molecular complexity index is 2050. The second kappa shape index (κ2) is 11.4. The Hall–Kier alpha value is -4.63. The fourth-order valence-electron chi connectivity index (χ4n) is 6.56. The minimum absolute atomic E-state index is 0.245. The number of H-pyrrole nitrogens is 1. The van der Waals surface area contributed by atoms with Crippen molar-refractivity contribution >= 4 is 45.7 Å². The van der Waals surface area contributed by atoms with E-state index < -0.39 is 0 Å². The molecular weight excluding hydrogens is 607 g/mol. The fraction of sp³-hybridized carbons (Fsp3) is 0.171. The molecule has 224 valence electrons. The van der Waals surface area contributed by atoms with E-state index in [0.29, 0.717) is 33.9 Å². The molecule has 0 radical (unpaired) electrons. The summed E-state index contributed by atoms with van der Waals surface area (Å²) in [4.78, 5) is 27.0. The number of rotatable bonds is 7. The maximum atomic E-state index is 14.2. The first-order valence-electron chi connectivity index (χ1n) is 14.9. The van der Waals surface area contributed by atoms with Gasteiger partial charge < -0.3 is 24.9 Å². The predicted octanol–water partition coefficient (Wildman–Crippen LogP) is 7.73. The summed E-state index contributed by atoms with van der Waals surface area (Å²) in [5.41, 5.74) is 6.96. The summed E-state index contributed by atoms with van der Waals surface area (Å²) >= 11 is 13.0. The van der Waals surface area contributed by atoms with Crippen molar-refractivity contribution in [1.29, 1.82) is 0 Å². The number of hydrogen-bond donors (Lipinski definition) is 3. The van der Waals surface area contributed by atoms with Crippen LogP contribution in [0, 0.1) is 0 Å². The Morgan fingerprint density at radius 1 is 1.00 bits per heavy atom. The fourth-order valence-corrected chi connectivity index (χ4v) is 6.91. The number of ether oxygens (including phenoxy) is 1. The van der Waals surface area contributed by atoms with E-state index in [4.69, 9.17) is 32.9 Å². The highest BCUT2D eigenvalue weighted by atomic mass is 35.5. The van der Waals surface area contributed by atoms with Gasteiger partial charge in [-0.25, -0.2) is 9.97 Å². The normalized spacial score (nSPS) is 16.9. The van der Waals surface area contributed by atoms with Crippen LogP contribution < -0.4 is 15.4 Å². The third kappa shape index (κ3) is 4.95. The Balaban J connectivity index is 1.28. The third-order valence-electron chi connectivity index (χ3n) is 8.56. The van der Waals surface area contributed by atoms with E-state index in [-0.39, 0.29) is 18.0 Å². The zero-order valence-corrected chi connectivity index (χ0v) is 25.6. The molecule has 2 aliphatic rings. The van der Waals surface area contributed by atoms with Gasteiger partial charge in [0.25, 0.3) is 5.91 Å². The van der Waals surface area contributed by atoms with Crippen molar-refractivity contribution in [3.63, 3.8) is 0 Å². The zero-order chi connectivity index (χ0) is 30.5. The minimum atomic E-state index is -0.322. The smallest absolute Gasteiger partial charge is 0.272 e. The van der Waals surface area contributed by atoms with Crippen molar-refractivity contribution < 1.29 is 9.53 Å². The van der Waals surface area contributed by atoms with Crippen LogP contribution in [-0.2, 0) is 0 Å². The molecule has 1 amide bonds. The molecule has 0 saturated carbocycles. The largest absolute Gasteiger partial charge is 0.475 e. The van der Waals surface area contributed by atoms with E-state index in [1.807, 2.05) is 73.1 Å². The molecule has 1 saturated heterocycles. The van der Waals surface area contributed by atoms with Gasteiger partial charge in [-0.05, 0) is 66.9 Å². The molecule has 8 rings (SSSR count). The number of nitrogens with zero attached hydrogens (tertiary/aromatic N) is 3. The highest BCUT2D eigenvalue weighted by Crippen LogP contribution is 2.49. The molecule has 1 fully saturated rings. The molecule has 10 heteroatoms. The minimum Gasteiger partial charge on any atom is -0.475 e. The van der Waals surface area contributed by atoms with Crippen molar-refractivity contribution in [3.05, 3.63) is 118 Å². The van der Waals surface area contributed by atoms with Crippen LogP contribution in [-0.4, -0.2) is 44.6 Å². The summed E-state index contributed by atoms with van der Waals surface area (Å²) < 4.78 is 8.19. The number of aromatic amines is 1. The standard InChI is InChI=1S/C35H28Cl2N6O2/c36-22-12-10-21(11-13-22)32-25-16-23(37)17-27-28(25)29(33-30(40-19-43(32)33)20-6-2-1-3-7-20)31(41-27)34(44)42-26-9-5-15-39-35(26)45-18-24-8-4-14-38-24/h1-3,5-7,9-13,15-17,19,24,32,38,41H,4,8,14,18H2,(H,42,44). The highest BCUT2D eigenvalue weighted by molar-refractivity contribution is 6.32. The average molecular weight is 636 g/mol. The van der Waals surface area contributed by atoms with Crippen LogP contribution in [0.1, 0.15) is 40.5 Å². The lowest BCUT2D eigenvalue weighted by molar-refractivity contribution is 0.102. The first-order chi connectivity index (χ1) is 22.0. The van der Waals surface area contributed by atoms with Gasteiger partial charge in [-0.3, -0.25) is 4.79 Å². The van der Waals surface area contributed by atoms with Gasteiger partial charge in [-0.15, -0.1) is 0 Å². The molecule has 5 heterocycles. The molecule has 2 unspecified atom stereocenters. The number of hydrogen-bond acceptors (Lipinski definition) is 5. The van der Waals surface area contributed by atoms with Gasteiger partial charge >= 0.3 is 0 Å². The lowest BCUT2D eigenvalue weighted by atomic mass is 9.88. The number of carbonyl (C=O) groups excluding carboxylic acids is 1. The lowest BCUT2D eigenvalue weighted by Gasteiger charge is -2.28. The van der Waals surface area contributed by atoms with E-state index in [0.717, 1.165) is 63.9 Å². The van der Waals surface area contributed by atoms with Crippen molar-refractivity contribution in [1.82, 2.24) is 24.8 Å². The van der Waals surface area contributed by atoms with Crippen LogP contribution in [0.25, 0.3) is 33.4 Å². The summed E-state index contributed by atoms with van der Waals surface area (Å²) in [5, 5.41) is 8.64. The quantitative estimate of drug-likeness (QED) is 0.167. The maximum Gasteiger partial charge on any atom is 0.272 e. The molecule has 2 atom stereocenters. The molecule has 6 aromatic rings. The van der Waals surface area contributed by atoms with Crippen LogP contribution in [0.3, 0.4) is 0 Å². The van der Waals surface area contributed by atoms with Crippen LogP contribution >= 0.6 is 23.2 Å². The first-order valence-corrected chi connectivity index (χ1v) is 15.7. The van der Waals surface area contributed by atoms with E-state index in [9.17, 15) is 4.79 Å². The number of anilines is 1. The molecule has 8 nitrogen and oxygen atoms in total. The maximum absolute atomic E-state index is 14.2. The summed E-state index contributed by atoms with van der Waals surface area (Å²) in [7, 11) is 0. The number of halogens is 2. The van der Waals surface area contributed by atoms with Crippen molar-refractivity contribution in [2.75, 3.05) is 18.5 Å². The van der Waals surface area contributed by atoms with Crippen molar-refractivity contribution in [2.45, 2.75) is 24.9 Å². The monoisotopic (exact) mass is 634 g/mol. The zero-order valence-electron chi connectivity index (χ0n) is 24.1. The molecule has 3 aromatic carbocycles. The SMILES string of the molecule is O=C(Nc1cccnc1OCC1CCCN1)c1[nH]c2cc(Cl)cc3c2c1-c1c(-c2ccccc2)ncn1C3c1ccc(Cl)cc1. The molecule has 3 N–H and O–H groups in total. The number of pyridine rings is 1. The number of nitrogens with one attached hydrogen (secondary N) is 3. The second-order valence-electron chi connectivity index (χ2n) is 11.4. The summed E-state index contributed by atoms with van der Waals surface area (Å²) in [6, 6.07) is 25.2. The predicted molar refractivity (Wildman–Crippen MR) is 177 cm³/mol. The molecular formula is C35H28Cl2N6O2. The number of imidazole rings is 1. The number of amides is 1. The van der Waals surface area contributed by atoms with E-state index in [2.05, 4.69) is 25.2 Å².